The molecule has 0 radical (unpaired) electrons. The molecule has 0 amide bonds. The Morgan fingerprint density at radius 3 is 2.33 bits per heavy atom. The number of aliphatic hydroxyl groups excluding tert-OH is 1. The molecule has 0 aromatic heterocycles. The minimum Gasteiger partial charge on any atom is -0.481 e. The minimum absolute atomic E-state index is 0.133. The molecule has 12 heavy (non-hydrogen) atoms. The van der Waals surface area contributed by atoms with Crippen molar-refractivity contribution in [1.82, 2.24) is 0 Å². The summed E-state index contributed by atoms with van der Waals surface area (Å²) in [5, 5.41) is 17.6. The Bertz CT molecular complexity index is 148. The molecule has 0 bridgehead atoms. The second-order valence-electron chi connectivity index (χ2n) is 3.61. The van der Waals surface area contributed by atoms with Gasteiger partial charge in [-0.15, -0.1) is 0 Å². The predicted octanol–water partition coefficient (Wildman–Crippen LogP) is 1.40. The van der Waals surface area contributed by atoms with Crippen molar-refractivity contribution in [3.63, 3.8) is 0 Å². The molecule has 0 unspecified atom stereocenters. The summed E-state index contributed by atoms with van der Waals surface area (Å²) in [7, 11) is 0. The Hall–Kier alpha value is -0.570. The third kappa shape index (κ3) is 3.22. The van der Waals surface area contributed by atoms with E-state index >= 15 is 0 Å². The van der Waals surface area contributed by atoms with E-state index in [-0.39, 0.29) is 12.5 Å². The number of rotatable bonds is 3. The van der Waals surface area contributed by atoms with Crippen molar-refractivity contribution in [3.8, 4) is 0 Å². The molecular formula is C9H16O3. The molecule has 3 nitrogen and oxygen atoms in total. The van der Waals surface area contributed by atoms with E-state index in [1.807, 2.05) is 0 Å². The van der Waals surface area contributed by atoms with Crippen LogP contribution >= 0.6 is 0 Å². The highest BCUT2D eigenvalue weighted by molar-refractivity contribution is 5.66. The first-order chi connectivity index (χ1) is 5.68. The fraction of sp³-hybridized carbons (Fsp3) is 0.889. The van der Waals surface area contributed by atoms with Gasteiger partial charge in [-0.2, -0.15) is 0 Å². The van der Waals surface area contributed by atoms with Crippen LogP contribution in [-0.2, 0) is 4.79 Å². The lowest BCUT2D eigenvalue weighted by molar-refractivity contribution is -0.137. The molecule has 0 aliphatic heterocycles. The predicted molar refractivity (Wildman–Crippen MR) is 44.8 cm³/mol. The Labute approximate surface area is 72.4 Å². The second kappa shape index (κ2) is 4.45. The molecule has 0 heterocycles. The molecule has 0 aromatic rings. The Kier molecular flexibility index (Phi) is 3.53. The average Bonchev–Trinajstić information content (AvgIpc) is 2.03. The van der Waals surface area contributed by atoms with Gasteiger partial charge in [-0.1, -0.05) is 0 Å². The van der Waals surface area contributed by atoms with Gasteiger partial charge >= 0.3 is 5.97 Å². The van der Waals surface area contributed by atoms with E-state index < -0.39 is 5.97 Å². The van der Waals surface area contributed by atoms with E-state index in [4.69, 9.17) is 5.11 Å². The van der Waals surface area contributed by atoms with Crippen LogP contribution < -0.4 is 0 Å². The maximum Gasteiger partial charge on any atom is 0.303 e. The first-order valence-electron chi connectivity index (χ1n) is 4.58. The third-order valence-electron chi connectivity index (χ3n) is 2.58. The van der Waals surface area contributed by atoms with Crippen molar-refractivity contribution in [2.24, 2.45) is 5.92 Å². The fourth-order valence-corrected chi connectivity index (χ4v) is 1.76. The number of hydrogen-bond acceptors (Lipinski definition) is 2. The van der Waals surface area contributed by atoms with E-state index in [0.29, 0.717) is 5.92 Å². The van der Waals surface area contributed by atoms with E-state index in [1.54, 1.807) is 0 Å². The quantitative estimate of drug-likeness (QED) is 0.676. The van der Waals surface area contributed by atoms with Crippen LogP contribution in [0.2, 0.25) is 0 Å². The molecule has 1 rings (SSSR count). The Morgan fingerprint density at radius 2 is 1.83 bits per heavy atom. The monoisotopic (exact) mass is 172 g/mol. The third-order valence-corrected chi connectivity index (χ3v) is 2.58. The standard InChI is InChI=1S/C9H16O3/c10-8-4-1-7(2-5-8)3-6-9(11)12/h7-8,10H,1-6H2,(H,11,12). The molecule has 0 aromatic carbocycles. The van der Waals surface area contributed by atoms with Crippen molar-refractivity contribution in [1.29, 1.82) is 0 Å². The van der Waals surface area contributed by atoms with Gasteiger partial charge in [0.1, 0.15) is 0 Å². The van der Waals surface area contributed by atoms with E-state index in [1.165, 1.54) is 0 Å². The van der Waals surface area contributed by atoms with Crippen molar-refractivity contribution in [2.45, 2.75) is 44.6 Å². The highest BCUT2D eigenvalue weighted by Gasteiger charge is 2.19. The zero-order valence-corrected chi connectivity index (χ0v) is 7.20. The molecule has 70 valence electrons. The minimum atomic E-state index is -0.707. The molecule has 1 fully saturated rings. The highest BCUT2D eigenvalue weighted by atomic mass is 16.4. The molecule has 1 aliphatic rings. The molecule has 0 saturated heterocycles. The SMILES string of the molecule is O=C(O)CCC1CCC(O)CC1. The first-order valence-corrected chi connectivity index (χ1v) is 4.58. The molecular weight excluding hydrogens is 156 g/mol. The molecule has 2 N–H and O–H groups in total. The largest absolute Gasteiger partial charge is 0.481 e. The summed E-state index contributed by atoms with van der Waals surface area (Å²) in [4.78, 5) is 10.3. The topological polar surface area (TPSA) is 57.5 Å². The normalized spacial score (nSPS) is 30.1. The Morgan fingerprint density at radius 1 is 1.25 bits per heavy atom. The molecule has 1 aliphatic carbocycles. The number of aliphatic carboxylic acids is 1. The summed E-state index contributed by atoms with van der Waals surface area (Å²) in [5.41, 5.74) is 0. The van der Waals surface area contributed by atoms with Crippen LogP contribution in [0.25, 0.3) is 0 Å². The molecule has 3 heteroatoms. The number of aliphatic hydroxyl groups is 1. The average molecular weight is 172 g/mol. The second-order valence-corrected chi connectivity index (χ2v) is 3.61. The van der Waals surface area contributed by atoms with Crippen molar-refractivity contribution in [2.75, 3.05) is 0 Å². The zero-order valence-electron chi connectivity index (χ0n) is 7.20. The van der Waals surface area contributed by atoms with Gasteiger partial charge in [0.15, 0.2) is 0 Å². The summed E-state index contributed by atoms with van der Waals surface area (Å²) in [6, 6.07) is 0. The summed E-state index contributed by atoms with van der Waals surface area (Å²) < 4.78 is 0. The number of carbonyl (C=O) groups is 1. The van der Waals surface area contributed by atoms with E-state index in [9.17, 15) is 9.90 Å². The summed E-state index contributed by atoms with van der Waals surface area (Å²) in [6.07, 6.45) is 4.62. The van der Waals surface area contributed by atoms with Crippen molar-refractivity contribution < 1.29 is 15.0 Å². The zero-order chi connectivity index (χ0) is 8.97. The van der Waals surface area contributed by atoms with Crippen molar-refractivity contribution >= 4 is 5.97 Å². The van der Waals surface area contributed by atoms with Gasteiger partial charge in [-0.05, 0) is 38.0 Å². The van der Waals surface area contributed by atoms with Gasteiger partial charge in [0, 0.05) is 6.42 Å². The maximum atomic E-state index is 10.3. The van der Waals surface area contributed by atoms with E-state index in [2.05, 4.69) is 0 Å². The van der Waals surface area contributed by atoms with Gasteiger partial charge in [0.05, 0.1) is 6.10 Å². The van der Waals surface area contributed by atoms with Gasteiger partial charge < -0.3 is 10.2 Å². The summed E-state index contributed by atoms with van der Waals surface area (Å²) >= 11 is 0. The van der Waals surface area contributed by atoms with E-state index in [0.717, 1.165) is 32.1 Å². The maximum absolute atomic E-state index is 10.3. The fourth-order valence-electron chi connectivity index (χ4n) is 1.76. The smallest absolute Gasteiger partial charge is 0.303 e. The van der Waals surface area contributed by atoms with Crippen LogP contribution in [0.5, 0.6) is 0 Å². The molecule has 0 spiro atoms. The van der Waals surface area contributed by atoms with Crippen LogP contribution in [0.1, 0.15) is 38.5 Å². The van der Waals surface area contributed by atoms with Gasteiger partial charge in [0.25, 0.3) is 0 Å². The van der Waals surface area contributed by atoms with Crippen LogP contribution in [0, 0.1) is 5.92 Å². The highest BCUT2D eigenvalue weighted by Crippen LogP contribution is 2.27. The van der Waals surface area contributed by atoms with Crippen LogP contribution in [0.4, 0.5) is 0 Å². The van der Waals surface area contributed by atoms with Crippen molar-refractivity contribution in [3.05, 3.63) is 0 Å². The first kappa shape index (κ1) is 9.52. The van der Waals surface area contributed by atoms with Crippen LogP contribution in [0.15, 0.2) is 0 Å². The number of carboxylic acid groups (broad SMARTS) is 1. The van der Waals surface area contributed by atoms with Crippen LogP contribution in [0.3, 0.4) is 0 Å². The van der Waals surface area contributed by atoms with Crippen LogP contribution in [-0.4, -0.2) is 22.3 Å². The lowest BCUT2D eigenvalue weighted by Crippen LogP contribution is -2.18. The lowest BCUT2D eigenvalue weighted by Gasteiger charge is -2.24. The lowest BCUT2D eigenvalue weighted by atomic mass is 9.85. The number of hydrogen-bond donors (Lipinski definition) is 2. The van der Waals surface area contributed by atoms with Gasteiger partial charge in [-0.25, -0.2) is 0 Å². The molecule has 1 saturated carbocycles. The van der Waals surface area contributed by atoms with Gasteiger partial charge in [0.2, 0.25) is 0 Å². The Balaban J connectivity index is 2.13. The molecule has 0 atom stereocenters. The summed E-state index contributed by atoms with van der Waals surface area (Å²) in [5.74, 6) is -0.175. The number of carboxylic acids is 1. The summed E-state index contributed by atoms with van der Waals surface area (Å²) in [6.45, 7) is 0. The van der Waals surface area contributed by atoms with Gasteiger partial charge in [-0.3, -0.25) is 4.79 Å².